The molecule has 0 unspecified atom stereocenters. The maximum Gasteiger partial charge on any atom is 0.280 e. The maximum absolute atomic E-state index is 11.1. The summed E-state index contributed by atoms with van der Waals surface area (Å²) in [6.07, 6.45) is 15.9. The molecule has 0 radical (unpaired) electrons. The molecular formula is C15H27ClN2O2S. The molecule has 1 aromatic heterocycles. The van der Waals surface area contributed by atoms with E-state index in [4.69, 9.17) is 10.7 Å². The average Bonchev–Trinajstić information content (AvgIpc) is 2.90. The summed E-state index contributed by atoms with van der Waals surface area (Å²) in [7, 11) is 1.54. The van der Waals surface area contributed by atoms with Crippen molar-refractivity contribution in [3.05, 3.63) is 12.5 Å². The molecule has 122 valence electrons. The van der Waals surface area contributed by atoms with Gasteiger partial charge in [-0.3, -0.25) is 0 Å². The van der Waals surface area contributed by atoms with Crippen molar-refractivity contribution in [1.82, 2.24) is 9.55 Å². The number of hydrogen-bond donors (Lipinski definition) is 0. The van der Waals surface area contributed by atoms with Gasteiger partial charge in [0.2, 0.25) is 0 Å². The van der Waals surface area contributed by atoms with Gasteiger partial charge in [-0.15, -0.1) is 0 Å². The van der Waals surface area contributed by atoms with Crippen molar-refractivity contribution >= 4 is 19.7 Å². The monoisotopic (exact) mass is 334 g/mol. The van der Waals surface area contributed by atoms with Crippen molar-refractivity contribution < 1.29 is 8.42 Å². The zero-order valence-electron chi connectivity index (χ0n) is 12.9. The molecule has 0 aliphatic carbocycles. The summed E-state index contributed by atoms with van der Waals surface area (Å²) >= 11 is 0. The van der Waals surface area contributed by atoms with E-state index in [1.165, 1.54) is 70.3 Å². The normalized spacial score (nSPS) is 11.9. The first-order chi connectivity index (χ1) is 10.0. The number of imidazole rings is 1. The number of hydrogen-bond acceptors (Lipinski definition) is 3. The summed E-state index contributed by atoms with van der Waals surface area (Å²) in [4.78, 5) is 3.79. The first-order valence-corrected chi connectivity index (χ1v) is 10.3. The standard InChI is InChI=1S/C15H27ClN2O2S/c1-2-3-4-5-6-7-8-9-10-11-12-18-13-15(17-14-18)21(16,19)20/h13-14H,2-12H2,1H3. The second-order valence-corrected chi connectivity index (χ2v) is 8.08. The smallest absolute Gasteiger partial charge is 0.280 e. The summed E-state index contributed by atoms with van der Waals surface area (Å²) in [5, 5.41) is -0.0590. The molecule has 1 aromatic rings. The van der Waals surface area contributed by atoms with Crippen LogP contribution in [-0.4, -0.2) is 18.0 Å². The molecule has 0 saturated heterocycles. The summed E-state index contributed by atoms with van der Waals surface area (Å²) < 4.78 is 23.9. The average molecular weight is 335 g/mol. The lowest BCUT2D eigenvalue weighted by molar-refractivity contribution is 0.534. The van der Waals surface area contributed by atoms with E-state index < -0.39 is 9.05 Å². The number of nitrogens with zero attached hydrogens (tertiary/aromatic N) is 2. The first kappa shape index (κ1) is 18.5. The number of aromatic nitrogens is 2. The highest BCUT2D eigenvalue weighted by Gasteiger charge is 2.12. The molecule has 1 heterocycles. The summed E-state index contributed by atoms with van der Waals surface area (Å²) in [5.41, 5.74) is 0. The minimum absolute atomic E-state index is 0.0590. The van der Waals surface area contributed by atoms with Crippen LogP contribution in [0.4, 0.5) is 0 Å². The molecule has 6 heteroatoms. The highest BCUT2D eigenvalue weighted by atomic mass is 35.7. The molecule has 21 heavy (non-hydrogen) atoms. The molecule has 4 nitrogen and oxygen atoms in total. The van der Waals surface area contributed by atoms with Gasteiger partial charge in [-0.25, -0.2) is 13.4 Å². The van der Waals surface area contributed by atoms with Gasteiger partial charge in [-0.2, -0.15) is 0 Å². The number of aryl methyl sites for hydroxylation is 1. The molecule has 0 fully saturated rings. The fraction of sp³-hybridized carbons (Fsp3) is 0.800. The Morgan fingerprint density at radius 2 is 1.52 bits per heavy atom. The Morgan fingerprint density at radius 3 is 2.00 bits per heavy atom. The molecule has 0 N–H and O–H groups in total. The van der Waals surface area contributed by atoms with Crippen LogP contribution < -0.4 is 0 Å². The number of rotatable bonds is 12. The number of unbranched alkanes of at least 4 members (excludes halogenated alkanes) is 9. The lowest BCUT2D eigenvalue weighted by Crippen LogP contribution is -1.95. The van der Waals surface area contributed by atoms with Crippen LogP contribution in [0.1, 0.15) is 71.1 Å². The van der Waals surface area contributed by atoms with Gasteiger partial charge in [0, 0.05) is 23.4 Å². The van der Waals surface area contributed by atoms with Gasteiger partial charge in [0.15, 0.2) is 5.03 Å². The van der Waals surface area contributed by atoms with Crippen LogP contribution in [0.5, 0.6) is 0 Å². The van der Waals surface area contributed by atoms with Crippen LogP contribution in [0.3, 0.4) is 0 Å². The fourth-order valence-corrected chi connectivity index (χ4v) is 3.04. The topological polar surface area (TPSA) is 52.0 Å². The van der Waals surface area contributed by atoms with E-state index in [2.05, 4.69) is 11.9 Å². The molecule has 0 amide bonds. The molecule has 0 saturated carbocycles. The Kier molecular flexibility index (Phi) is 9.00. The van der Waals surface area contributed by atoms with Gasteiger partial charge in [0.05, 0.1) is 6.33 Å². The minimum atomic E-state index is -3.69. The Hall–Kier alpha value is -0.550. The first-order valence-electron chi connectivity index (χ1n) is 8.00. The van der Waals surface area contributed by atoms with Crippen molar-refractivity contribution in [1.29, 1.82) is 0 Å². The molecule has 0 aromatic carbocycles. The van der Waals surface area contributed by atoms with Crippen molar-refractivity contribution in [2.75, 3.05) is 0 Å². The fourth-order valence-electron chi connectivity index (χ4n) is 2.37. The van der Waals surface area contributed by atoms with Crippen LogP contribution in [0.2, 0.25) is 0 Å². The maximum atomic E-state index is 11.1. The van der Waals surface area contributed by atoms with Gasteiger partial charge in [0.1, 0.15) is 0 Å². The quantitative estimate of drug-likeness (QED) is 0.410. The lowest BCUT2D eigenvalue weighted by atomic mass is 10.1. The predicted octanol–water partition coefficient (Wildman–Crippen LogP) is 4.73. The molecule has 0 aliphatic rings. The molecular weight excluding hydrogens is 308 g/mol. The van der Waals surface area contributed by atoms with Gasteiger partial charge in [-0.05, 0) is 6.42 Å². The van der Waals surface area contributed by atoms with Crippen molar-refractivity contribution in [3.8, 4) is 0 Å². The van der Waals surface area contributed by atoms with Crippen LogP contribution in [0.15, 0.2) is 17.6 Å². The predicted molar refractivity (Wildman–Crippen MR) is 87.1 cm³/mol. The van der Waals surface area contributed by atoms with E-state index >= 15 is 0 Å². The van der Waals surface area contributed by atoms with Crippen LogP contribution in [0.25, 0.3) is 0 Å². The van der Waals surface area contributed by atoms with Gasteiger partial charge in [-0.1, -0.05) is 64.7 Å². The third-order valence-electron chi connectivity index (χ3n) is 3.63. The molecule has 0 spiro atoms. The largest absolute Gasteiger partial charge is 0.336 e. The van der Waals surface area contributed by atoms with Gasteiger partial charge < -0.3 is 4.57 Å². The van der Waals surface area contributed by atoms with E-state index in [9.17, 15) is 8.42 Å². The Morgan fingerprint density at radius 1 is 1.00 bits per heavy atom. The van der Waals surface area contributed by atoms with E-state index in [0.29, 0.717) is 0 Å². The van der Waals surface area contributed by atoms with Crippen molar-refractivity contribution in [2.24, 2.45) is 0 Å². The highest BCUT2D eigenvalue weighted by Crippen LogP contribution is 2.13. The third kappa shape index (κ3) is 8.47. The number of halogens is 1. The van der Waals surface area contributed by atoms with E-state index in [0.717, 1.165) is 13.0 Å². The second-order valence-electron chi connectivity index (χ2n) is 5.57. The summed E-state index contributed by atoms with van der Waals surface area (Å²) in [5.74, 6) is 0. The summed E-state index contributed by atoms with van der Waals surface area (Å²) in [6.45, 7) is 3.04. The second kappa shape index (κ2) is 10.2. The third-order valence-corrected chi connectivity index (χ3v) is 4.81. The molecule has 0 atom stereocenters. The zero-order chi connectivity index (χ0) is 15.6. The summed E-state index contributed by atoms with van der Waals surface area (Å²) in [6, 6.07) is 0. The van der Waals surface area contributed by atoms with Crippen molar-refractivity contribution in [2.45, 2.75) is 82.7 Å². The highest BCUT2D eigenvalue weighted by molar-refractivity contribution is 8.13. The Labute approximate surface area is 133 Å². The van der Waals surface area contributed by atoms with E-state index in [1.54, 1.807) is 4.57 Å². The SMILES string of the molecule is CCCCCCCCCCCCn1cnc(S(=O)(=O)Cl)c1. The van der Waals surface area contributed by atoms with Crippen LogP contribution in [-0.2, 0) is 15.6 Å². The van der Waals surface area contributed by atoms with Gasteiger partial charge in [0.25, 0.3) is 9.05 Å². The van der Waals surface area contributed by atoms with Crippen molar-refractivity contribution in [3.63, 3.8) is 0 Å². The van der Waals surface area contributed by atoms with Gasteiger partial charge >= 0.3 is 0 Å². The molecule has 0 bridgehead atoms. The zero-order valence-corrected chi connectivity index (χ0v) is 14.5. The molecule has 0 aliphatic heterocycles. The van der Waals surface area contributed by atoms with E-state index in [-0.39, 0.29) is 5.03 Å². The minimum Gasteiger partial charge on any atom is -0.336 e. The van der Waals surface area contributed by atoms with Crippen LogP contribution in [0, 0.1) is 0 Å². The Bertz CT molecular complexity index is 486. The van der Waals surface area contributed by atoms with Crippen LogP contribution >= 0.6 is 10.7 Å². The molecule has 1 rings (SSSR count). The van der Waals surface area contributed by atoms with E-state index in [1.807, 2.05) is 0 Å². The Balaban J connectivity index is 2.01. The lowest BCUT2D eigenvalue weighted by Gasteiger charge is -2.03.